The number of hydrogen-bond donors (Lipinski definition) is 1. The molecule has 0 amide bonds. The van der Waals surface area contributed by atoms with E-state index in [1.165, 1.54) is 16.6 Å². The van der Waals surface area contributed by atoms with Gasteiger partial charge < -0.3 is 14.8 Å². The van der Waals surface area contributed by atoms with E-state index >= 15 is 0 Å². The molecule has 0 unspecified atom stereocenters. The summed E-state index contributed by atoms with van der Waals surface area (Å²) >= 11 is 0. The first-order valence-electron chi connectivity index (χ1n) is 8.76. The predicted octanol–water partition coefficient (Wildman–Crippen LogP) is 4.57. The second-order valence-electron chi connectivity index (χ2n) is 6.28. The van der Waals surface area contributed by atoms with Gasteiger partial charge in [0, 0.05) is 29.7 Å². The highest BCUT2D eigenvalue weighted by Crippen LogP contribution is 2.32. The number of hydrogen-bond acceptors (Lipinski definition) is 6. The minimum Gasteiger partial charge on any atom is -0.497 e. The monoisotopic (exact) mass is 415 g/mol. The molecular formula is C20H16F3N5O2. The van der Waals surface area contributed by atoms with Gasteiger partial charge in [0.05, 0.1) is 19.8 Å². The SMILES string of the molecule is COc1cc(OC)cc(-c2nccn3nc(Nc4cccc(C(F)(F)F)c4)nc23)c1. The molecule has 0 saturated heterocycles. The number of nitrogens with one attached hydrogen (secondary N) is 1. The summed E-state index contributed by atoms with van der Waals surface area (Å²) in [6.45, 7) is 0. The number of rotatable bonds is 5. The quantitative estimate of drug-likeness (QED) is 0.515. The fraction of sp³-hybridized carbons (Fsp3) is 0.150. The fourth-order valence-corrected chi connectivity index (χ4v) is 2.92. The number of methoxy groups -OCH3 is 2. The number of fused-ring (bicyclic) bond motifs is 1. The van der Waals surface area contributed by atoms with Crippen molar-refractivity contribution in [2.24, 2.45) is 0 Å². The molecule has 4 aromatic rings. The molecule has 10 heteroatoms. The van der Waals surface area contributed by atoms with Crippen LogP contribution in [0.4, 0.5) is 24.8 Å². The third-order valence-corrected chi connectivity index (χ3v) is 4.33. The minimum absolute atomic E-state index is 0.137. The van der Waals surface area contributed by atoms with Crippen LogP contribution in [-0.2, 0) is 6.18 Å². The zero-order chi connectivity index (χ0) is 21.3. The molecule has 2 aromatic carbocycles. The molecular weight excluding hydrogens is 399 g/mol. The number of anilines is 2. The fourth-order valence-electron chi connectivity index (χ4n) is 2.92. The number of aromatic nitrogens is 4. The Labute approximate surface area is 169 Å². The lowest BCUT2D eigenvalue weighted by Crippen LogP contribution is -2.05. The van der Waals surface area contributed by atoms with Crippen molar-refractivity contribution < 1.29 is 22.6 Å². The van der Waals surface area contributed by atoms with Crippen LogP contribution in [0.5, 0.6) is 11.5 Å². The predicted molar refractivity (Wildman–Crippen MR) is 104 cm³/mol. The minimum atomic E-state index is -4.44. The van der Waals surface area contributed by atoms with Gasteiger partial charge in [-0.05, 0) is 30.3 Å². The summed E-state index contributed by atoms with van der Waals surface area (Å²) in [6.07, 6.45) is -1.29. The average Bonchev–Trinajstić information content (AvgIpc) is 3.15. The van der Waals surface area contributed by atoms with Crippen LogP contribution >= 0.6 is 0 Å². The second kappa shape index (κ2) is 7.54. The molecule has 0 atom stereocenters. The van der Waals surface area contributed by atoms with Gasteiger partial charge in [-0.1, -0.05) is 6.07 Å². The summed E-state index contributed by atoms with van der Waals surface area (Å²) < 4.78 is 50.9. The molecule has 0 spiro atoms. The first-order chi connectivity index (χ1) is 14.4. The van der Waals surface area contributed by atoms with Crippen molar-refractivity contribution in [1.29, 1.82) is 0 Å². The van der Waals surface area contributed by atoms with Gasteiger partial charge in [0.1, 0.15) is 17.2 Å². The van der Waals surface area contributed by atoms with Crippen molar-refractivity contribution in [3.8, 4) is 22.8 Å². The van der Waals surface area contributed by atoms with Gasteiger partial charge in [-0.15, -0.1) is 5.10 Å². The van der Waals surface area contributed by atoms with E-state index in [-0.39, 0.29) is 11.6 Å². The van der Waals surface area contributed by atoms with Crippen LogP contribution in [0.3, 0.4) is 0 Å². The average molecular weight is 415 g/mol. The Morgan fingerprint density at radius 1 is 1.00 bits per heavy atom. The maximum absolute atomic E-state index is 12.9. The third-order valence-electron chi connectivity index (χ3n) is 4.33. The number of nitrogens with zero attached hydrogens (tertiary/aromatic N) is 4. The maximum atomic E-state index is 12.9. The highest BCUT2D eigenvalue weighted by Gasteiger charge is 2.30. The first kappa shape index (κ1) is 19.5. The molecule has 154 valence electrons. The summed E-state index contributed by atoms with van der Waals surface area (Å²) in [5.74, 6) is 1.29. The van der Waals surface area contributed by atoms with Crippen molar-refractivity contribution in [3.63, 3.8) is 0 Å². The van der Waals surface area contributed by atoms with Gasteiger partial charge in [0.25, 0.3) is 0 Å². The Balaban J connectivity index is 1.73. The van der Waals surface area contributed by atoms with E-state index in [0.29, 0.717) is 28.4 Å². The van der Waals surface area contributed by atoms with Crippen LogP contribution in [0.15, 0.2) is 54.9 Å². The molecule has 0 aliphatic heterocycles. The maximum Gasteiger partial charge on any atom is 0.416 e. The van der Waals surface area contributed by atoms with E-state index in [9.17, 15) is 13.2 Å². The van der Waals surface area contributed by atoms with Crippen LogP contribution in [0, 0.1) is 0 Å². The summed E-state index contributed by atoms with van der Waals surface area (Å²) in [6, 6.07) is 10.1. The van der Waals surface area contributed by atoms with Crippen LogP contribution in [-0.4, -0.2) is 33.8 Å². The Morgan fingerprint density at radius 3 is 2.40 bits per heavy atom. The Bertz CT molecular complexity index is 1180. The molecule has 4 rings (SSSR count). The van der Waals surface area contributed by atoms with Gasteiger partial charge in [-0.3, -0.25) is 4.98 Å². The van der Waals surface area contributed by atoms with Crippen molar-refractivity contribution >= 4 is 17.3 Å². The molecule has 2 aromatic heterocycles. The number of alkyl halides is 3. The Morgan fingerprint density at radius 2 is 1.73 bits per heavy atom. The molecule has 0 saturated carbocycles. The van der Waals surface area contributed by atoms with Crippen LogP contribution in [0.2, 0.25) is 0 Å². The molecule has 0 bridgehead atoms. The van der Waals surface area contributed by atoms with E-state index in [1.807, 2.05) is 0 Å². The summed E-state index contributed by atoms with van der Waals surface area (Å²) in [4.78, 5) is 8.79. The highest BCUT2D eigenvalue weighted by molar-refractivity contribution is 5.76. The Kier molecular flexibility index (Phi) is 4.90. The van der Waals surface area contributed by atoms with Crippen LogP contribution < -0.4 is 14.8 Å². The number of ether oxygens (including phenoxy) is 2. The molecule has 0 radical (unpaired) electrons. The van der Waals surface area contributed by atoms with Crippen molar-refractivity contribution in [1.82, 2.24) is 19.6 Å². The van der Waals surface area contributed by atoms with E-state index in [1.54, 1.807) is 44.8 Å². The highest BCUT2D eigenvalue weighted by atomic mass is 19.4. The zero-order valence-electron chi connectivity index (χ0n) is 15.9. The largest absolute Gasteiger partial charge is 0.497 e. The molecule has 0 aliphatic carbocycles. The third kappa shape index (κ3) is 3.84. The molecule has 7 nitrogen and oxygen atoms in total. The van der Waals surface area contributed by atoms with E-state index in [0.717, 1.165) is 12.1 Å². The molecule has 1 N–H and O–H groups in total. The van der Waals surface area contributed by atoms with Crippen LogP contribution in [0.25, 0.3) is 16.9 Å². The number of halogens is 3. The van der Waals surface area contributed by atoms with Crippen molar-refractivity contribution in [3.05, 3.63) is 60.4 Å². The van der Waals surface area contributed by atoms with Gasteiger partial charge in [0.2, 0.25) is 5.95 Å². The number of benzene rings is 2. The molecule has 0 aliphatic rings. The molecule has 2 heterocycles. The lowest BCUT2D eigenvalue weighted by Gasteiger charge is -2.08. The van der Waals surface area contributed by atoms with E-state index in [4.69, 9.17) is 9.47 Å². The van der Waals surface area contributed by atoms with Gasteiger partial charge in [0.15, 0.2) is 5.65 Å². The first-order valence-corrected chi connectivity index (χ1v) is 8.76. The summed E-state index contributed by atoms with van der Waals surface area (Å²) in [5.41, 5.74) is 1.08. The second-order valence-corrected chi connectivity index (χ2v) is 6.28. The van der Waals surface area contributed by atoms with E-state index in [2.05, 4.69) is 20.4 Å². The van der Waals surface area contributed by atoms with Gasteiger partial charge in [-0.2, -0.15) is 18.2 Å². The van der Waals surface area contributed by atoms with E-state index < -0.39 is 11.7 Å². The molecule has 30 heavy (non-hydrogen) atoms. The standard InChI is InChI=1S/C20H16F3N5O2/c1-29-15-8-12(9-16(11-15)30-2)17-18-26-19(27-28(18)7-6-24-17)25-14-5-3-4-13(10-14)20(21,22)23/h3-11H,1-2H3,(H,25,27). The van der Waals surface area contributed by atoms with Crippen LogP contribution in [0.1, 0.15) is 5.56 Å². The van der Waals surface area contributed by atoms with Gasteiger partial charge in [-0.25, -0.2) is 4.52 Å². The topological polar surface area (TPSA) is 73.6 Å². The smallest absolute Gasteiger partial charge is 0.416 e. The molecule has 0 fully saturated rings. The lowest BCUT2D eigenvalue weighted by atomic mass is 10.1. The lowest BCUT2D eigenvalue weighted by molar-refractivity contribution is -0.137. The zero-order valence-corrected chi connectivity index (χ0v) is 15.9. The normalized spacial score (nSPS) is 11.5. The Hall–Kier alpha value is -3.82. The summed E-state index contributed by atoms with van der Waals surface area (Å²) in [5, 5.41) is 7.09. The summed E-state index contributed by atoms with van der Waals surface area (Å²) in [7, 11) is 3.08. The van der Waals surface area contributed by atoms with Crippen molar-refractivity contribution in [2.45, 2.75) is 6.18 Å². The van der Waals surface area contributed by atoms with Crippen molar-refractivity contribution in [2.75, 3.05) is 19.5 Å². The van der Waals surface area contributed by atoms with Gasteiger partial charge >= 0.3 is 6.18 Å².